The highest BCUT2D eigenvalue weighted by Gasteiger charge is 2.43. The van der Waals surface area contributed by atoms with E-state index in [9.17, 15) is 4.79 Å². The summed E-state index contributed by atoms with van der Waals surface area (Å²) in [6.45, 7) is 5.47. The highest BCUT2D eigenvalue weighted by molar-refractivity contribution is 5.81. The largest absolute Gasteiger partial charge is 0.376 e. The molecular weight excluding hydrogens is 220 g/mol. The Morgan fingerprint density at radius 3 is 3.00 bits per heavy atom. The van der Waals surface area contributed by atoms with Gasteiger partial charge in [0.05, 0.1) is 19.8 Å². The molecule has 96 valence electrons. The second kappa shape index (κ2) is 4.55. The minimum absolute atomic E-state index is 0.119. The number of ether oxygens (including phenoxy) is 2. The van der Waals surface area contributed by atoms with Crippen molar-refractivity contribution in [1.29, 1.82) is 0 Å². The van der Waals surface area contributed by atoms with E-state index in [1.807, 2.05) is 4.90 Å². The van der Waals surface area contributed by atoms with E-state index in [4.69, 9.17) is 9.47 Å². The van der Waals surface area contributed by atoms with Crippen LogP contribution in [0.5, 0.6) is 0 Å². The van der Waals surface area contributed by atoms with E-state index in [0.717, 1.165) is 32.6 Å². The Hall–Kier alpha value is -0.650. The summed E-state index contributed by atoms with van der Waals surface area (Å²) in [7, 11) is 0. The molecule has 2 atom stereocenters. The van der Waals surface area contributed by atoms with Crippen molar-refractivity contribution in [3.05, 3.63) is 0 Å². The van der Waals surface area contributed by atoms with Gasteiger partial charge in [0, 0.05) is 25.0 Å². The highest BCUT2D eigenvalue weighted by atomic mass is 16.6. The number of hydrogen-bond donors (Lipinski definition) is 1. The fourth-order valence-corrected chi connectivity index (χ4v) is 3.10. The highest BCUT2D eigenvalue weighted by Crippen LogP contribution is 2.36. The van der Waals surface area contributed by atoms with Gasteiger partial charge in [0.1, 0.15) is 0 Å². The molecule has 1 N–H and O–H groups in total. The topological polar surface area (TPSA) is 50.8 Å². The smallest absolute Gasteiger partial charge is 0.254 e. The fraction of sp³-hybridized carbons (Fsp3) is 0.917. The number of likely N-dealkylation sites (tertiary alicyclic amines) is 1. The van der Waals surface area contributed by atoms with Crippen molar-refractivity contribution < 1.29 is 14.3 Å². The van der Waals surface area contributed by atoms with Gasteiger partial charge in [-0.15, -0.1) is 0 Å². The van der Waals surface area contributed by atoms with Gasteiger partial charge in [-0.05, 0) is 19.4 Å². The number of nitrogens with zero attached hydrogens (tertiary/aromatic N) is 1. The standard InChI is InChI=1S/C12H20N2O3/c15-11(10-7-16-5-6-17-10)14-4-2-12(9-14)1-3-13-8-12/h10,13H,1-9H2. The lowest BCUT2D eigenvalue weighted by Gasteiger charge is -2.28. The minimum Gasteiger partial charge on any atom is -0.376 e. The second-order valence-corrected chi connectivity index (χ2v) is 5.37. The fourth-order valence-electron chi connectivity index (χ4n) is 3.10. The average molecular weight is 240 g/mol. The van der Waals surface area contributed by atoms with Crippen LogP contribution in [0.15, 0.2) is 0 Å². The first kappa shape index (κ1) is 11.4. The van der Waals surface area contributed by atoms with Crippen LogP contribution in [0.4, 0.5) is 0 Å². The van der Waals surface area contributed by atoms with E-state index >= 15 is 0 Å². The third kappa shape index (κ3) is 2.19. The zero-order chi connectivity index (χ0) is 11.7. The van der Waals surface area contributed by atoms with Crippen molar-refractivity contribution in [2.24, 2.45) is 5.41 Å². The van der Waals surface area contributed by atoms with Crippen LogP contribution in [0.2, 0.25) is 0 Å². The molecule has 0 aromatic heterocycles. The summed E-state index contributed by atoms with van der Waals surface area (Å²) in [5.74, 6) is 0.119. The summed E-state index contributed by atoms with van der Waals surface area (Å²) in [6, 6.07) is 0. The van der Waals surface area contributed by atoms with Gasteiger partial charge in [-0.2, -0.15) is 0 Å². The Bertz CT molecular complexity index is 296. The van der Waals surface area contributed by atoms with E-state index in [2.05, 4.69) is 5.32 Å². The molecule has 3 saturated heterocycles. The predicted molar refractivity (Wildman–Crippen MR) is 61.7 cm³/mol. The SMILES string of the molecule is O=C(C1COCCO1)N1CCC2(CCNC2)C1. The molecule has 17 heavy (non-hydrogen) atoms. The maximum atomic E-state index is 12.2. The van der Waals surface area contributed by atoms with Gasteiger partial charge in [0.2, 0.25) is 0 Å². The Morgan fingerprint density at radius 2 is 2.29 bits per heavy atom. The number of carbonyl (C=O) groups excluding carboxylic acids is 1. The van der Waals surface area contributed by atoms with Crippen LogP contribution in [-0.2, 0) is 14.3 Å². The summed E-state index contributed by atoms with van der Waals surface area (Å²) >= 11 is 0. The van der Waals surface area contributed by atoms with Gasteiger partial charge in [-0.1, -0.05) is 0 Å². The molecular formula is C12H20N2O3. The molecule has 0 saturated carbocycles. The Morgan fingerprint density at radius 1 is 1.35 bits per heavy atom. The summed E-state index contributed by atoms with van der Waals surface area (Å²) in [6.07, 6.45) is 1.95. The molecule has 3 aliphatic rings. The lowest BCUT2D eigenvalue weighted by Crippen LogP contribution is -2.45. The third-order valence-corrected chi connectivity index (χ3v) is 4.17. The number of carbonyl (C=O) groups is 1. The molecule has 1 amide bonds. The number of rotatable bonds is 1. The summed E-state index contributed by atoms with van der Waals surface area (Å²) < 4.78 is 10.8. The van der Waals surface area contributed by atoms with Gasteiger partial charge >= 0.3 is 0 Å². The van der Waals surface area contributed by atoms with Crippen molar-refractivity contribution in [2.75, 3.05) is 46.0 Å². The lowest BCUT2D eigenvalue weighted by molar-refractivity contribution is -0.157. The first-order valence-electron chi connectivity index (χ1n) is 6.48. The average Bonchev–Trinajstić information content (AvgIpc) is 3.01. The third-order valence-electron chi connectivity index (χ3n) is 4.17. The normalized spacial score (nSPS) is 37.9. The Labute approximate surface area is 101 Å². The van der Waals surface area contributed by atoms with Crippen LogP contribution in [0.1, 0.15) is 12.8 Å². The molecule has 3 rings (SSSR count). The van der Waals surface area contributed by atoms with E-state index < -0.39 is 0 Å². The monoisotopic (exact) mass is 240 g/mol. The second-order valence-electron chi connectivity index (χ2n) is 5.37. The van der Waals surface area contributed by atoms with Crippen molar-refractivity contribution >= 4 is 5.91 Å². The molecule has 0 aromatic rings. The van der Waals surface area contributed by atoms with Gasteiger partial charge < -0.3 is 19.7 Å². The number of amides is 1. The maximum absolute atomic E-state index is 12.2. The zero-order valence-electron chi connectivity index (χ0n) is 10.1. The van der Waals surface area contributed by atoms with Crippen LogP contribution < -0.4 is 5.32 Å². The quantitative estimate of drug-likeness (QED) is 0.678. The first-order valence-corrected chi connectivity index (χ1v) is 6.48. The zero-order valence-corrected chi connectivity index (χ0v) is 10.1. The molecule has 5 heteroatoms. The molecule has 0 aromatic carbocycles. The van der Waals surface area contributed by atoms with Crippen LogP contribution in [0.3, 0.4) is 0 Å². The molecule has 3 fully saturated rings. The van der Waals surface area contributed by atoms with E-state index in [0.29, 0.717) is 25.2 Å². The minimum atomic E-state index is -0.367. The summed E-state index contributed by atoms with van der Waals surface area (Å²) in [5.41, 5.74) is 0.338. The van der Waals surface area contributed by atoms with E-state index in [1.165, 1.54) is 6.42 Å². The van der Waals surface area contributed by atoms with Crippen molar-refractivity contribution in [3.63, 3.8) is 0 Å². The summed E-state index contributed by atoms with van der Waals surface area (Å²) in [5, 5.41) is 3.40. The first-order chi connectivity index (χ1) is 8.29. The van der Waals surface area contributed by atoms with Gasteiger partial charge in [0.25, 0.3) is 5.91 Å². The molecule has 3 heterocycles. The van der Waals surface area contributed by atoms with Gasteiger partial charge in [-0.25, -0.2) is 0 Å². The number of nitrogens with one attached hydrogen (secondary N) is 1. The van der Waals surface area contributed by atoms with Crippen molar-refractivity contribution in [2.45, 2.75) is 18.9 Å². The molecule has 5 nitrogen and oxygen atoms in total. The van der Waals surface area contributed by atoms with E-state index in [-0.39, 0.29) is 12.0 Å². The molecule has 2 unspecified atom stereocenters. The van der Waals surface area contributed by atoms with Crippen molar-refractivity contribution in [1.82, 2.24) is 10.2 Å². The van der Waals surface area contributed by atoms with E-state index in [1.54, 1.807) is 0 Å². The Balaban J connectivity index is 1.59. The number of hydrogen-bond acceptors (Lipinski definition) is 4. The van der Waals surface area contributed by atoms with Crippen LogP contribution in [0.25, 0.3) is 0 Å². The molecule has 0 radical (unpaired) electrons. The predicted octanol–water partition coefficient (Wildman–Crippen LogP) is -0.386. The van der Waals surface area contributed by atoms with Gasteiger partial charge in [0.15, 0.2) is 6.10 Å². The van der Waals surface area contributed by atoms with Crippen LogP contribution in [0, 0.1) is 5.41 Å². The van der Waals surface area contributed by atoms with Crippen LogP contribution >= 0.6 is 0 Å². The lowest BCUT2D eigenvalue weighted by atomic mass is 9.86. The molecule has 0 bridgehead atoms. The van der Waals surface area contributed by atoms with Crippen molar-refractivity contribution in [3.8, 4) is 0 Å². The Kier molecular flexibility index (Phi) is 3.06. The molecule has 3 aliphatic heterocycles. The molecule has 1 spiro atoms. The van der Waals surface area contributed by atoms with Crippen LogP contribution in [-0.4, -0.2) is 62.9 Å². The summed E-state index contributed by atoms with van der Waals surface area (Å²) in [4.78, 5) is 14.2. The molecule has 0 aliphatic carbocycles. The maximum Gasteiger partial charge on any atom is 0.254 e. The van der Waals surface area contributed by atoms with Gasteiger partial charge in [-0.3, -0.25) is 4.79 Å².